The largest absolute Gasteiger partial charge is 0.353 e. The molecule has 3 fully saturated rings. The molecule has 0 aromatic rings. The molecule has 0 radical (unpaired) electrons. The second-order valence-corrected chi connectivity index (χ2v) is 6.24. The Morgan fingerprint density at radius 1 is 1.11 bits per heavy atom. The summed E-state index contributed by atoms with van der Waals surface area (Å²) in [5.74, 6) is 2.63. The van der Waals surface area contributed by atoms with Crippen LogP contribution in [0.25, 0.3) is 0 Å². The number of halogens is 1. The van der Waals surface area contributed by atoms with E-state index in [0.29, 0.717) is 35.6 Å². The highest BCUT2D eigenvalue weighted by Gasteiger charge is 2.46. The van der Waals surface area contributed by atoms with Gasteiger partial charge in [-0.3, -0.25) is 4.79 Å². The summed E-state index contributed by atoms with van der Waals surface area (Å²) in [6.45, 7) is 0.725. The van der Waals surface area contributed by atoms with Gasteiger partial charge < -0.3 is 11.1 Å². The van der Waals surface area contributed by atoms with Crippen LogP contribution in [0.15, 0.2) is 0 Å². The first kappa shape index (κ1) is 14.1. The highest BCUT2D eigenvalue weighted by atomic mass is 35.5. The molecule has 1 amide bonds. The summed E-state index contributed by atoms with van der Waals surface area (Å²) in [5, 5.41) is 3.30. The van der Waals surface area contributed by atoms with Gasteiger partial charge >= 0.3 is 0 Å². The van der Waals surface area contributed by atoms with Gasteiger partial charge in [-0.25, -0.2) is 0 Å². The summed E-state index contributed by atoms with van der Waals surface area (Å²) in [6, 6.07) is 0.368. The van der Waals surface area contributed by atoms with Crippen molar-refractivity contribution >= 4 is 18.3 Å². The van der Waals surface area contributed by atoms with E-state index in [4.69, 9.17) is 5.73 Å². The van der Waals surface area contributed by atoms with E-state index in [1.807, 2.05) is 0 Å². The molecule has 0 bridgehead atoms. The lowest BCUT2D eigenvalue weighted by Crippen LogP contribution is -2.43. The van der Waals surface area contributed by atoms with Crippen molar-refractivity contribution in [2.24, 2.45) is 29.4 Å². The van der Waals surface area contributed by atoms with E-state index in [0.717, 1.165) is 13.0 Å². The molecule has 3 saturated carbocycles. The molecule has 3 nitrogen and oxygen atoms in total. The van der Waals surface area contributed by atoms with E-state index >= 15 is 0 Å². The highest BCUT2D eigenvalue weighted by molar-refractivity contribution is 5.85. The van der Waals surface area contributed by atoms with Crippen LogP contribution in [0.5, 0.6) is 0 Å². The van der Waals surface area contributed by atoms with Gasteiger partial charge in [-0.2, -0.15) is 0 Å². The fourth-order valence-corrected chi connectivity index (χ4v) is 3.51. The van der Waals surface area contributed by atoms with Gasteiger partial charge in [-0.1, -0.05) is 6.42 Å². The summed E-state index contributed by atoms with van der Waals surface area (Å²) < 4.78 is 0. The van der Waals surface area contributed by atoms with Gasteiger partial charge in [0.25, 0.3) is 0 Å². The fourth-order valence-electron chi connectivity index (χ4n) is 3.51. The van der Waals surface area contributed by atoms with Gasteiger partial charge in [0.05, 0.1) is 0 Å². The standard InChI is InChI=1S/C14H24N2O.ClH/c15-8-11-2-1-3-12(11)16-14(17)13(9-4-5-9)10-6-7-10;/h9-13H,1-8,15H2,(H,16,17);1H. The van der Waals surface area contributed by atoms with Crippen LogP contribution in [0.3, 0.4) is 0 Å². The summed E-state index contributed by atoms with van der Waals surface area (Å²) >= 11 is 0. The minimum absolute atomic E-state index is 0. The van der Waals surface area contributed by atoms with Crippen LogP contribution >= 0.6 is 12.4 Å². The topological polar surface area (TPSA) is 55.1 Å². The van der Waals surface area contributed by atoms with E-state index in [1.165, 1.54) is 38.5 Å². The van der Waals surface area contributed by atoms with Gasteiger partial charge in [0, 0.05) is 12.0 Å². The van der Waals surface area contributed by atoms with Crippen LogP contribution in [0.2, 0.25) is 0 Å². The third-order valence-corrected chi connectivity index (χ3v) is 4.85. The minimum Gasteiger partial charge on any atom is -0.353 e. The van der Waals surface area contributed by atoms with Crippen molar-refractivity contribution in [3.05, 3.63) is 0 Å². The molecule has 3 aliphatic carbocycles. The second kappa shape index (κ2) is 5.79. The van der Waals surface area contributed by atoms with Crippen molar-refractivity contribution in [1.29, 1.82) is 0 Å². The SMILES string of the molecule is Cl.NCC1CCCC1NC(=O)C(C1CC1)C1CC1. The first-order valence-corrected chi connectivity index (χ1v) is 7.30. The maximum atomic E-state index is 12.4. The van der Waals surface area contributed by atoms with E-state index in [9.17, 15) is 4.79 Å². The van der Waals surface area contributed by atoms with Gasteiger partial charge in [0.1, 0.15) is 0 Å². The quantitative estimate of drug-likeness (QED) is 0.805. The molecule has 2 unspecified atom stereocenters. The smallest absolute Gasteiger partial charge is 0.223 e. The molecule has 0 aliphatic heterocycles. The Morgan fingerprint density at radius 2 is 1.72 bits per heavy atom. The van der Waals surface area contributed by atoms with Crippen molar-refractivity contribution in [1.82, 2.24) is 5.32 Å². The maximum absolute atomic E-state index is 12.4. The van der Waals surface area contributed by atoms with Gasteiger partial charge in [0.2, 0.25) is 5.91 Å². The normalized spacial score (nSPS) is 31.2. The molecule has 0 aromatic carbocycles. The number of rotatable bonds is 5. The van der Waals surface area contributed by atoms with E-state index in [-0.39, 0.29) is 12.4 Å². The van der Waals surface area contributed by atoms with Crippen molar-refractivity contribution in [3.8, 4) is 0 Å². The Kier molecular flexibility index (Phi) is 4.54. The molecule has 0 aromatic heterocycles. The van der Waals surface area contributed by atoms with E-state index < -0.39 is 0 Å². The van der Waals surface area contributed by atoms with Crippen LogP contribution in [0.1, 0.15) is 44.9 Å². The molecule has 3 N–H and O–H groups in total. The Balaban J connectivity index is 0.00000120. The molecule has 3 aliphatic rings. The minimum atomic E-state index is 0. The monoisotopic (exact) mass is 272 g/mol. The lowest BCUT2D eigenvalue weighted by Gasteiger charge is -2.23. The number of carbonyl (C=O) groups excluding carboxylic acids is 1. The van der Waals surface area contributed by atoms with Gasteiger partial charge in [-0.15, -0.1) is 12.4 Å². The van der Waals surface area contributed by atoms with Crippen LogP contribution in [-0.4, -0.2) is 18.5 Å². The Bertz CT molecular complexity index is 290. The summed E-state index contributed by atoms with van der Waals surface area (Å²) in [5.41, 5.74) is 5.77. The molecule has 104 valence electrons. The predicted octanol–water partition coefficient (Wildman–Crippen LogP) is 2.09. The number of hydrogen-bond acceptors (Lipinski definition) is 2. The molecular formula is C14H25ClN2O. The Morgan fingerprint density at radius 3 is 2.22 bits per heavy atom. The molecule has 4 heteroatoms. The first-order chi connectivity index (χ1) is 8.29. The average Bonchev–Trinajstić information content (AvgIpc) is 3.22. The van der Waals surface area contributed by atoms with Crippen LogP contribution < -0.4 is 11.1 Å². The van der Waals surface area contributed by atoms with E-state index in [1.54, 1.807) is 0 Å². The zero-order chi connectivity index (χ0) is 11.8. The molecule has 0 saturated heterocycles. The highest BCUT2D eigenvalue weighted by Crippen LogP contribution is 2.49. The maximum Gasteiger partial charge on any atom is 0.223 e. The van der Waals surface area contributed by atoms with Gasteiger partial charge in [-0.05, 0) is 62.8 Å². The van der Waals surface area contributed by atoms with Gasteiger partial charge in [0.15, 0.2) is 0 Å². The zero-order valence-corrected chi connectivity index (χ0v) is 11.8. The average molecular weight is 273 g/mol. The second-order valence-electron chi connectivity index (χ2n) is 6.24. The Hall–Kier alpha value is -0.280. The van der Waals surface area contributed by atoms with Crippen LogP contribution in [0, 0.1) is 23.7 Å². The van der Waals surface area contributed by atoms with Crippen LogP contribution in [-0.2, 0) is 4.79 Å². The number of amides is 1. The number of nitrogens with one attached hydrogen (secondary N) is 1. The Labute approximate surface area is 116 Å². The third kappa shape index (κ3) is 3.00. The summed E-state index contributed by atoms with van der Waals surface area (Å²) in [6.07, 6.45) is 8.66. The first-order valence-electron chi connectivity index (χ1n) is 7.30. The van der Waals surface area contributed by atoms with Crippen LogP contribution in [0.4, 0.5) is 0 Å². The van der Waals surface area contributed by atoms with E-state index in [2.05, 4.69) is 5.32 Å². The third-order valence-electron chi connectivity index (χ3n) is 4.85. The predicted molar refractivity (Wildman–Crippen MR) is 74.5 cm³/mol. The molecule has 18 heavy (non-hydrogen) atoms. The molecule has 0 heterocycles. The molecular weight excluding hydrogens is 248 g/mol. The lowest BCUT2D eigenvalue weighted by atomic mass is 9.95. The summed E-state index contributed by atoms with van der Waals surface area (Å²) in [4.78, 5) is 12.4. The molecule has 2 atom stereocenters. The number of hydrogen-bond donors (Lipinski definition) is 2. The van der Waals surface area contributed by atoms with Crippen molar-refractivity contribution < 1.29 is 4.79 Å². The van der Waals surface area contributed by atoms with Crippen molar-refractivity contribution in [2.75, 3.05) is 6.54 Å². The summed E-state index contributed by atoms with van der Waals surface area (Å²) in [7, 11) is 0. The number of nitrogens with two attached hydrogens (primary N) is 1. The lowest BCUT2D eigenvalue weighted by molar-refractivity contribution is -0.127. The zero-order valence-electron chi connectivity index (χ0n) is 10.9. The van der Waals surface area contributed by atoms with Crippen molar-refractivity contribution in [2.45, 2.75) is 51.0 Å². The number of carbonyl (C=O) groups is 1. The van der Waals surface area contributed by atoms with Crippen molar-refractivity contribution in [3.63, 3.8) is 0 Å². The molecule has 3 rings (SSSR count). The molecule has 0 spiro atoms. The fraction of sp³-hybridized carbons (Fsp3) is 0.929.